The van der Waals surface area contributed by atoms with Crippen molar-refractivity contribution in [3.05, 3.63) is 72.9 Å². The number of nitrogens with one attached hydrogen (secondary N) is 1. The Morgan fingerprint density at radius 3 is 1.82 bits per heavy atom. The lowest BCUT2D eigenvalue weighted by molar-refractivity contribution is -0.302. The molecule has 9 heteroatoms. The maximum atomic E-state index is 12.8. The number of aliphatic hydroxyl groups excluding tert-OH is 5. The summed E-state index contributed by atoms with van der Waals surface area (Å²) in [5.74, 6) is -0.199. The molecule has 0 aromatic rings. The van der Waals surface area contributed by atoms with E-state index in [2.05, 4.69) is 92.1 Å². The number of carbonyl (C=O) groups is 1. The summed E-state index contributed by atoms with van der Waals surface area (Å²) >= 11 is 0. The second-order valence-electron chi connectivity index (χ2n) is 12.6. The van der Waals surface area contributed by atoms with Crippen LogP contribution in [-0.2, 0) is 14.3 Å². The van der Waals surface area contributed by atoms with Crippen molar-refractivity contribution in [2.24, 2.45) is 0 Å². The number of rotatable bonds is 28. The molecule has 0 bridgehead atoms. The van der Waals surface area contributed by atoms with Crippen LogP contribution in [-0.4, -0.2) is 87.5 Å². The molecule has 1 aliphatic heterocycles. The van der Waals surface area contributed by atoms with Crippen LogP contribution in [0.4, 0.5) is 0 Å². The van der Waals surface area contributed by atoms with Gasteiger partial charge in [0.25, 0.3) is 0 Å². The van der Waals surface area contributed by atoms with Gasteiger partial charge in [-0.05, 0) is 64.2 Å². The zero-order valence-corrected chi connectivity index (χ0v) is 30.2. The minimum Gasteiger partial charge on any atom is -0.394 e. The largest absolute Gasteiger partial charge is 0.394 e. The first-order valence-corrected chi connectivity index (χ1v) is 18.6. The van der Waals surface area contributed by atoms with E-state index in [1.807, 2.05) is 0 Å². The Bertz CT molecular complexity index is 989. The zero-order chi connectivity index (χ0) is 36.0. The highest BCUT2D eigenvalue weighted by Crippen LogP contribution is 2.22. The standard InChI is InChI=1S/C40H67NO8/c1-3-5-7-9-10-11-12-13-14-15-16-17-18-19-20-21-22-23-24-26-28-30-36(44)41-33(34(43)29-27-25-8-6-4-2)32-48-40-39(47)38(46)37(45)35(31-42)49-40/h5,7,10-11,13-14,16-17,19-20,22-23,33-35,37-40,42-43,45-47H,3-4,6,8-9,12,15,18,21,24-32H2,1-2H3,(H,41,44)/b7-5-,11-10-,14-13-,17-16-,20-19-,23-22-. The summed E-state index contributed by atoms with van der Waals surface area (Å²) in [6, 6.07) is -0.741. The fourth-order valence-corrected chi connectivity index (χ4v) is 5.28. The van der Waals surface area contributed by atoms with Crippen molar-refractivity contribution < 1.29 is 39.8 Å². The van der Waals surface area contributed by atoms with Crippen molar-refractivity contribution in [1.29, 1.82) is 0 Å². The number of carbonyl (C=O) groups excluding carboxylic acids is 1. The van der Waals surface area contributed by atoms with Gasteiger partial charge in [0.15, 0.2) is 6.29 Å². The molecule has 0 saturated carbocycles. The topological polar surface area (TPSA) is 149 Å². The summed E-state index contributed by atoms with van der Waals surface area (Å²) in [4.78, 5) is 12.8. The van der Waals surface area contributed by atoms with E-state index in [0.717, 1.165) is 83.5 Å². The van der Waals surface area contributed by atoms with Gasteiger partial charge < -0.3 is 40.3 Å². The highest BCUT2D eigenvalue weighted by Gasteiger charge is 2.44. The summed E-state index contributed by atoms with van der Waals surface area (Å²) in [5, 5.41) is 53.6. The highest BCUT2D eigenvalue weighted by atomic mass is 16.7. The summed E-state index contributed by atoms with van der Waals surface area (Å²) in [5.41, 5.74) is 0. The van der Waals surface area contributed by atoms with E-state index >= 15 is 0 Å². The van der Waals surface area contributed by atoms with Crippen LogP contribution in [0.1, 0.15) is 117 Å². The Balaban J connectivity index is 2.35. The molecule has 1 fully saturated rings. The molecule has 0 aliphatic carbocycles. The minimum atomic E-state index is -1.56. The predicted octanol–water partition coefficient (Wildman–Crippen LogP) is 6.27. The molecule has 49 heavy (non-hydrogen) atoms. The first-order valence-electron chi connectivity index (χ1n) is 18.6. The zero-order valence-electron chi connectivity index (χ0n) is 30.2. The molecule has 7 unspecified atom stereocenters. The Morgan fingerprint density at radius 2 is 1.27 bits per heavy atom. The van der Waals surface area contributed by atoms with Crippen molar-refractivity contribution in [1.82, 2.24) is 5.32 Å². The lowest BCUT2D eigenvalue weighted by Crippen LogP contribution is -2.60. The van der Waals surface area contributed by atoms with Crippen LogP contribution in [0.25, 0.3) is 0 Å². The molecule has 0 radical (unpaired) electrons. The number of ether oxygens (including phenoxy) is 2. The number of unbranched alkanes of at least 4 members (excludes halogenated alkanes) is 6. The van der Waals surface area contributed by atoms with E-state index in [9.17, 15) is 30.3 Å². The predicted molar refractivity (Wildman–Crippen MR) is 198 cm³/mol. The van der Waals surface area contributed by atoms with Crippen molar-refractivity contribution in [2.75, 3.05) is 13.2 Å². The van der Waals surface area contributed by atoms with Gasteiger partial charge in [-0.3, -0.25) is 4.79 Å². The average Bonchev–Trinajstić information content (AvgIpc) is 3.10. The third-order valence-electron chi connectivity index (χ3n) is 8.32. The van der Waals surface area contributed by atoms with Crippen LogP contribution in [0.3, 0.4) is 0 Å². The maximum Gasteiger partial charge on any atom is 0.220 e. The summed E-state index contributed by atoms with van der Waals surface area (Å²) < 4.78 is 11.1. The van der Waals surface area contributed by atoms with Crippen LogP contribution >= 0.6 is 0 Å². The Labute approximate surface area is 296 Å². The van der Waals surface area contributed by atoms with Crippen LogP contribution in [0.5, 0.6) is 0 Å². The van der Waals surface area contributed by atoms with Gasteiger partial charge in [-0.25, -0.2) is 0 Å². The number of hydrogen-bond donors (Lipinski definition) is 6. The van der Waals surface area contributed by atoms with Gasteiger partial charge in [0, 0.05) is 6.42 Å². The quantitative estimate of drug-likeness (QED) is 0.0416. The van der Waals surface area contributed by atoms with Crippen molar-refractivity contribution in [3.63, 3.8) is 0 Å². The second-order valence-corrected chi connectivity index (χ2v) is 12.6. The van der Waals surface area contributed by atoms with Crippen LogP contribution < -0.4 is 5.32 Å². The minimum absolute atomic E-state index is 0.164. The molecule has 6 N–H and O–H groups in total. The van der Waals surface area contributed by atoms with Gasteiger partial charge in [-0.15, -0.1) is 0 Å². The SMILES string of the molecule is CC/C=C\C/C=C\C/C=C\C/C=C\C/C=C\C/C=C\CCCCC(=O)NC(COC1OC(CO)C(O)C(O)C1O)C(O)CCCCCCC. The molecule has 1 rings (SSSR count). The highest BCUT2D eigenvalue weighted by molar-refractivity contribution is 5.76. The van der Waals surface area contributed by atoms with Gasteiger partial charge >= 0.3 is 0 Å². The van der Waals surface area contributed by atoms with Gasteiger partial charge in [0.1, 0.15) is 24.4 Å². The molecule has 1 heterocycles. The normalized spacial score (nSPS) is 23.3. The maximum absolute atomic E-state index is 12.8. The molecule has 1 aliphatic rings. The van der Waals surface area contributed by atoms with Crippen LogP contribution in [0, 0.1) is 0 Å². The third-order valence-corrected chi connectivity index (χ3v) is 8.32. The Morgan fingerprint density at radius 1 is 0.714 bits per heavy atom. The van der Waals surface area contributed by atoms with Crippen molar-refractivity contribution >= 4 is 5.91 Å². The van der Waals surface area contributed by atoms with E-state index in [0.29, 0.717) is 19.3 Å². The fourth-order valence-electron chi connectivity index (χ4n) is 5.28. The van der Waals surface area contributed by atoms with Gasteiger partial charge in [-0.2, -0.15) is 0 Å². The monoisotopic (exact) mass is 689 g/mol. The van der Waals surface area contributed by atoms with Crippen molar-refractivity contribution in [2.45, 2.75) is 159 Å². The molecule has 0 aromatic heterocycles. The molecule has 280 valence electrons. The molecule has 1 amide bonds. The summed E-state index contributed by atoms with van der Waals surface area (Å²) in [6.07, 6.45) is 32.4. The Kier molecular flexibility index (Phi) is 27.8. The van der Waals surface area contributed by atoms with E-state index in [1.165, 1.54) is 0 Å². The number of allylic oxidation sites excluding steroid dienone is 12. The Hall–Kier alpha value is -2.37. The first kappa shape index (κ1) is 44.7. The molecule has 1 saturated heterocycles. The summed E-state index contributed by atoms with van der Waals surface area (Å²) in [7, 11) is 0. The van der Waals surface area contributed by atoms with E-state index in [1.54, 1.807) is 0 Å². The number of amides is 1. The average molecular weight is 690 g/mol. The van der Waals surface area contributed by atoms with Gasteiger partial charge in [0.2, 0.25) is 5.91 Å². The van der Waals surface area contributed by atoms with Crippen LogP contribution in [0.15, 0.2) is 72.9 Å². The number of aliphatic hydroxyl groups is 5. The van der Waals surface area contributed by atoms with Crippen molar-refractivity contribution in [3.8, 4) is 0 Å². The number of hydrogen-bond acceptors (Lipinski definition) is 8. The lowest BCUT2D eigenvalue weighted by atomic mass is 9.99. The van der Waals surface area contributed by atoms with E-state index in [-0.39, 0.29) is 12.5 Å². The lowest BCUT2D eigenvalue weighted by Gasteiger charge is -2.40. The van der Waals surface area contributed by atoms with E-state index < -0.39 is 49.5 Å². The first-order chi connectivity index (χ1) is 23.8. The smallest absolute Gasteiger partial charge is 0.220 e. The van der Waals surface area contributed by atoms with Gasteiger partial charge in [-0.1, -0.05) is 119 Å². The fraction of sp³-hybridized carbons (Fsp3) is 0.675. The molecule has 0 spiro atoms. The van der Waals surface area contributed by atoms with Crippen LogP contribution in [0.2, 0.25) is 0 Å². The second kappa shape index (κ2) is 30.5. The summed E-state index contributed by atoms with van der Waals surface area (Å²) in [6.45, 7) is 3.55. The third kappa shape index (κ3) is 22.1. The molecule has 0 aromatic carbocycles. The molecule has 7 atom stereocenters. The molecular weight excluding hydrogens is 622 g/mol. The van der Waals surface area contributed by atoms with Gasteiger partial charge in [0.05, 0.1) is 25.4 Å². The van der Waals surface area contributed by atoms with E-state index in [4.69, 9.17) is 9.47 Å². The molecular formula is C40H67NO8. The molecule has 9 nitrogen and oxygen atoms in total.